The Morgan fingerprint density at radius 2 is 1.58 bits per heavy atom. The topological polar surface area (TPSA) is 93.6 Å². The summed E-state index contributed by atoms with van der Waals surface area (Å²) in [5, 5.41) is 9.98. The zero-order valence-electron chi connectivity index (χ0n) is 25.1. The van der Waals surface area contributed by atoms with Crippen LogP contribution in [0.3, 0.4) is 0 Å². The molecule has 0 aromatic heterocycles. The Kier molecular flexibility index (Phi) is 7.64. The molecule has 5 atom stereocenters. The molecule has 0 aliphatic carbocycles. The Balaban J connectivity index is 1.38. The van der Waals surface area contributed by atoms with Crippen LogP contribution in [0.25, 0.3) is 0 Å². The summed E-state index contributed by atoms with van der Waals surface area (Å²) in [5.41, 5.74) is 0.335. The van der Waals surface area contributed by atoms with E-state index >= 15 is 0 Å². The predicted octanol–water partition coefficient (Wildman–Crippen LogP) is 3.00. The molecule has 1 unspecified atom stereocenters. The third-order valence-electron chi connectivity index (χ3n) is 9.49. The molecule has 4 heterocycles. The highest BCUT2D eigenvalue weighted by molar-refractivity contribution is 6.06. The van der Waals surface area contributed by atoms with Crippen molar-refractivity contribution in [2.24, 2.45) is 11.8 Å². The normalized spacial score (nSPS) is 29.8. The van der Waals surface area contributed by atoms with Crippen LogP contribution < -0.4 is 9.80 Å². The maximum Gasteiger partial charge on any atom is 0.253 e. The molecule has 0 saturated carbocycles. The summed E-state index contributed by atoms with van der Waals surface area (Å²) >= 11 is 0. The summed E-state index contributed by atoms with van der Waals surface area (Å²) in [6.07, 6.45) is 7.53. The lowest BCUT2D eigenvalue weighted by Crippen LogP contribution is -2.56. The molecule has 1 spiro atoms. The Labute approximate surface area is 253 Å². The van der Waals surface area contributed by atoms with Gasteiger partial charge in [0.25, 0.3) is 5.91 Å². The van der Waals surface area contributed by atoms with Gasteiger partial charge in [0.15, 0.2) is 0 Å². The van der Waals surface area contributed by atoms with Crippen molar-refractivity contribution in [1.29, 1.82) is 0 Å². The first-order valence-electron chi connectivity index (χ1n) is 15.2. The fourth-order valence-electron chi connectivity index (χ4n) is 7.53. The van der Waals surface area contributed by atoms with Crippen LogP contribution in [-0.2, 0) is 25.7 Å². The average molecular weight is 585 g/mol. The van der Waals surface area contributed by atoms with Crippen LogP contribution in [0.4, 0.5) is 11.4 Å². The Bertz CT molecular complexity index is 1440. The fraction of sp³-hybridized carbons (Fsp3) is 0.441. The lowest BCUT2D eigenvalue weighted by molar-refractivity contribution is -0.149. The van der Waals surface area contributed by atoms with Gasteiger partial charge in [-0.25, -0.2) is 0 Å². The van der Waals surface area contributed by atoms with Gasteiger partial charge in [0.1, 0.15) is 11.6 Å². The lowest BCUT2D eigenvalue weighted by Gasteiger charge is -2.37. The number of rotatable bonds is 8. The van der Waals surface area contributed by atoms with Gasteiger partial charge >= 0.3 is 0 Å². The molecular weight excluding hydrogens is 544 g/mol. The summed E-state index contributed by atoms with van der Waals surface area (Å²) in [7, 11) is 0. The molecule has 0 radical (unpaired) electrons. The summed E-state index contributed by atoms with van der Waals surface area (Å²) in [5.74, 6) is -2.54. The van der Waals surface area contributed by atoms with E-state index in [0.29, 0.717) is 25.3 Å². The number of nitrogens with zero attached hydrogens (tertiary/aromatic N) is 4. The van der Waals surface area contributed by atoms with Crippen molar-refractivity contribution in [1.82, 2.24) is 9.80 Å². The summed E-state index contributed by atoms with van der Waals surface area (Å²) in [4.78, 5) is 50.2. The number of hydrogen-bond donors (Lipinski definition) is 1. The average Bonchev–Trinajstić information content (AvgIpc) is 3.27. The fourth-order valence-corrected chi connectivity index (χ4v) is 7.53. The van der Waals surface area contributed by atoms with Gasteiger partial charge in [-0.2, -0.15) is 0 Å². The molecule has 1 N–H and O–H groups in total. The number of aliphatic hydroxyl groups is 1. The highest BCUT2D eigenvalue weighted by Gasteiger charge is 2.74. The van der Waals surface area contributed by atoms with Crippen molar-refractivity contribution < 1.29 is 24.2 Å². The third-order valence-corrected chi connectivity index (χ3v) is 9.49. The minimum atomic E-state index is -1.35. The van der Waals surface area contributed by atoms with Crippen molar-refractivity contribution in [2.45, 2.75) is 44.6 Å². The number of aliphatic hydroxyl groups excluding tert-OH is 1. The van der Waals surface area contributed by atoms with Gasteiger partial charge in [0.05, 0.1) is 24.0 Å². The van der Waals surface area contributed by atoms with Gasteiger partial charge in [-0.05, 0) is 50.6 Å². The molecule has 2 aromatic rings. The SMILES string of the molecule is CCN(CC)c1ccc(N2CC=C[C@]34O[C@@]5(C)C=CCN(Cc6ccccc6)C(=O)[C@H]5[C@H]3C(=O)N(CCO)C4C2=O)cc1. The first-order valence-corrected chi connectivity index (χ1v) is 15.2. The minimum Gasteiger partial charge on any atom is -0.395 e. The summed E-state index contributed by atoms with van der Waals surface area (Å²) < 4.78 is 6.86. The molecule has 6 rings (SSSR count). The van der Waals surface area contributed by atoms with Crippen LogP contribution in [0.15, 0.2) is 78.9 Å². The summed E-state index contributed by atoms with van der Waals surface area (Å²) in [6.45, 7) is 8.56. The van der Waals surface area contributed by atoms with Crippen LogP contribution in [0.2, 0.25) is 0 Å². The number of benzene rings is 2. The van der Waals surface area contributed by atoms with Crippen molar-refractivity contribution in [3.63, 3.8) is 0 Å². The number of carbonyl (C=O) groups excluding carboxylic acids is 3. The number of ether oxygens (including phenoxy) is 1. The standard InChI is InChI=1S/C34H40N4O5/c1-4-35(5-2)25-13-15-26(16-14-25)37-20-10-18-34-28(31(41)38(21-22-39)29(34)32(37)42)27-30(40)36(19-9-17-33(27,3)43-34)23-24-11-7-6-8-12-24/h6-18,27-29,39H,4-5,19-23H2,1-3H3/t27-,28+,29?,33+,34+/m1/s1. The van der Waals surface area contributed by atoms with E-state index in [1.165, 1.54) is 4.90 Å². The first kappa shape index (κ1) is 29.1. The van der Waals surface area contributed by atoms with Crippen molar-refractivity contribution in [3.8, 4) is 0 Å². The smallest absolute Gasteiger partial charge is 0.253 e. The van der Waals surface area contributed by atoms with Crippen molar-refractivity contribution >= 4 is 29.1 Å². The number of carbonyl (C=O) groups is 3. The van der Waals surface area contributed by atoms with Crippen LogP contribution in [-0.4, -0.2) is 89.2 Å². The molecule has 226 valence electrons. The van der Waals surface area contributed by atoms with Gasteiger partial charge in [-0.1, -0.05) is 54.6 Å². The van der Waals surface area contributed by atoms with E-state index in [4.69, 9.17) is 4.74 Å². The number of fused-ring (bicyclic) bond motifs is 2. The largest absolute Gasteiger partial charge is 0.395 e. The van der Waals surface area contributed by atoms with E-state index in [-0.39, 0.29) is 30.9 Å². The molecule has 2 saturated heterocycles. The van der Waals surface area contributed by atoms with Gasteiger partial charge in [-0.3, -0.25) is 14.4 Å². The molecule has 3 amide bonds. The molecule has 43 heavy (non-hydrogen) atoms. The summed E-state index contributed by atoms with van der Waals surface area (Å²) in [6, 6.07) is 16.6. The second-order valence-electron chi connectivity index (χ2n) is 11.9. The van der Waals surface area contributed by atoms with E-state index in [1.807, 2.05) is 85.8 Å². The highest BCUT2D eigenvalue weighted by Crippen LogP contribution is 2.57. The second-order valence-corrected chi connectivity index (χ2v) is 11.9. The van der Waals surface area contributed by atoms with Crippen LogP contribution in [0.5, 0.6) is 0 Å². The second kappa shape index (κ2) is 11.3. The lowest BCUT2D eigenvalue weighted by atomic mass is 9.74. The Morgan fingerprint density at radius 1 is 0.884 bits per heavy atom. The number of likely N-dealkylation sites (tertiary alicyclic amines) is 1. The Morgan fingerprint density at radius 3 is 2.26 bits per heavy atom. The molecule has 0 bridgehead atoms. The number of hydrogen-bond acceptors (Lipinski definition) is 6. The van der Waals surface area contributed by atoms with Gasteiger partial charge < -0.3 is 29.4 Å². The van der Waals surface area contributed by atoms with E-state index < -0.39 is 29.1 Å². The van der Waals surface area contributed by atoms with Crippen molar-refractivity contribution in [2.75, 3.05) is 49.1 Å². The molecular formula is C34H40N4O5. The van der Waals surface area contributed by atoms with Crippen LogP contribution in [0.1, 0.15) is 26.3 Å². The molecule has 9 nitrogen and oxygen atoms in total. The minimum absolute atomic E-state index is 0.0272. The zero-order valence-corrected chi connectivity index (χ0v) is 25.1. The van der Waals surface area contributed by atoms with E-state index in [9.17, 15) is 19.5 Å². The predicted molar refractivity (Wildman–Crippen MR) is 164 cm³/mol. The Hall–Kier alpha value is -3.95. The molecule has 2 aromatic carbocycles. The van der Waals surface area contributed by atoms with E-state index in [2.05, 4.69) is 18.7 Å². The number of amides is 3. The number of β-amino-alcohol motifs (C(OH)–C–C–N with tert-alkyl or cyclic N) is 1. The van der Waals surface area contributed by atoms with E-state index in [0.717, 1.165) is 24.3 Å². The monoisotopic (exact) mass is 584 g/mol. The van der Waals surface area contributed by atoms with Gasteiger partial charge in [0.2, 0.25) is 11.8 Å². The molecule has 2 fully saturated rings. The molecule has 9 heteroatoms. The highest BCUT2D eigenvalue weighted by atomic mass is 16.5. The quantitative estimate of drug-likeness (QED) is 0.480. The molecule has 4 aliphatic rings. The maximum atomic E-state index is 14.5. The first-order chi connectivity index (χ1) is 20.8. The third kappa shape index (κ3) is 4.66. The van der Waals surface area contributed by atoms with Crippen LogP contribution >= 0.6 is 0 Å². The zero-order chi connectivity index (χ0) is 30.4. The van der Waals surface area contributed by atoms with Crippen LogP contribution in [0, 0.1) is 11.8 Å². The maximum absolute atomic E-state index is 14.5. The van der Waals surface area contributed by atoms with Gasteiger partial charge in [0, 0.05) is 50.6 Å². The molecule has 4 aliphatic heterocycles. The van der Waals surface area contributed by atoms with Crippen molar-refractivity contribution in [3.05, 3.63) is 84.5 Å². The van der Waals surface area contributed by atoms with Gasteiger partial charge in [-0.15, -0.1) is 0 Å². The number of anilines is 2. The van der Waals surface area contributed by atoms with E-state index in [1.54, 1.807) is 9.80 Å².